The van der Waals surface area contributed by atoms with Crippen LogP contribution in [0.3, 0.4) is 0 Å². The molecular weight excluding hydrogens is 314 g/mol. The molecule has 0 saturated heterocycles. The quantitative estimate of drug-likeness (QED) is 0.532. The Bertz CT molecular complexity index is 544. The van der Waals surface area contributed by atoms with Crippen LogP contribution in [-0.2, 0) is 11.4 Å². The summed E-state index contributed by atoms with van der Waals surface area (Å²) in [5, 5.41) is 9.45. The van der Waals surface area contributed by atoms with Crippen LogP contribution in [0.1, 0.15) is 71.9 Å². The summed E-state index contributed by atoms with van der Waals surface area (Å²) in [7, 11) is 0. The number of carbonyl (C=O) groups is 1. The molecule has 0 bridgehead atoms. The zero-order chi connectivity index (χ0) is 19.1. The third-order valence-electron chi connectivity index (χ3n) is 4.62. The molecule has 0 aliphatic rings. The van der Waals surface area contributed by atoms with Crippen LogP contribution in [0.4, 0.5) is 0 Å². The summed E-state index contributed by atoms with van der Waals surface area (Å²) >= 11 is 0. The molecule has 1 N–H and O–H groups in total. The molecule has 0 radical (unpaired) electrons. The fourth-order valence-corrected chi connectivity index (χ4v) is 3.01. The highest BCUT2D eigenvalue weighted by Crippen LogP contribution is 2.31. The lowest BCUT2D eigenvalue weighted by Gasteiger charge is -2.31. The fraction of sp³-hybridized carbons (Fsp3) is 0.667. The molecule has 0 fully saturated rings. The minimum Gasteiger partial charge on any atom is -0.426 e. The van der Waals surface area contributed by atoms with Crippen molar-refractivity contribution in [2.24, 2.45) is 5.92 Å². The molecule has 0 heterocycles. The molecule has 0 amide bonds. The minimum absolute atomic E-state index is 0.0117. The summed E-state index contributed by atoms with van der Waals surface area (Å²) in [5.74, 6) is 0.458. The number of rotatable bonds is 9. The van der Waals surface area contributed by atoms with E-state index in [4.69, 9.17) is 4.74 Å². The number of hydrogen-bond donors (Lipinski definition) is 1. The largest absolute Gasteiger partial charge is 0.426 e. The predicted octanol–water partition coefficient (Wildman–Crippen LogP) is 4.35. The van der Waals surface area contributed by atoms with Crippen molar-refractivity contribution >= 4 is 5.97 Å². The first-order valence-electron chi connectivity index (χ1n) is 9.38. The van der Waals surface area contributed by atoms with Gasteiger partial charge >= 0.3 is 5.97 Å². The third-order valence-corrected chi connectivity index (χ3v) is 4.62. The average molecular weight is 350 g/mol. The van der Waals surface area contributed by atoms with E-state index < -0.39 is 0 Å². The van der Waals surface area contributed by atoms with Gasteiger partial charge in [0.1, 0.15) is 5.75 Å². The van der Waals surface area contributed by atoms with Gasteiger partial charge in [-0.15, -0.1) is 0 Å². The molecular formula is C21H35NO3. The third kappa shape index (κ3) is 6.44. The molecule has 0 saturated carbocycles. The number of hydrogen-bond acceptors (Lipinski definition) is 4. The van der Waals surface area contributed by atoms with Crippen molar-refractivity contribution in [2.75, 3.05) is 6.54 Å². The lowest BCUT2D eigenvalue weighted by Crippen LogP contribution is -2.38. The number of nitrogens with zero attached hydrogens (tertiary/aromatic N) is 1. The van der Waals surface area contributed by atoms with E-state index in [2.05, 4.69) is 39.5 Å². The van der Waals surface area contributed by atoms with Gasteiger partial charge in [-0.05, 0) is 69.8 Å². The number of ether oxygens (including phenoxy) is 1. The summed E-state index contributed by atoms with van der Waals surface area (Å²) < 4.78 is 5.60. The molecule has 1 aromatic rings. The molecule has 0 spiro atoms. The van der Waals surface area contributed by atoms with E-state index >= 15 is 0 Å². The van der Waals surface area contributed by atoms with E-state index in [0.717, 1.165) is 24.1 Å². The summed E-state index contributed by atoms with van der Waals surface area (Å²) in [6, 6.07) is 6.57. The van der Waals surface area contributed by atoms with Crippen molar-refractivity contribution < 1.29 is 14.6 Å². The summed E-state index contributed by atoms with van der Waals surface area (Å²) in [4.78, 5) is 14.5. The van der Waals surface area contributed by atoms with E-state index in [-0.39, 0.29) is 24.4 Å². The van der Waals surface area contributed by atoms with Gasteiger partial charge in [0.15, 0.2) is 0 Å². The Morgan fingerprint density at radius 1 is 1.08 bits per heavy atom. The smallest absolute Gasteiger partial charge is 0.313 e. The van der Waals surface area contributed by atoms with Gasteiger partial charge in [-0.25, -0.2) is 0 Å². The van der Waals surface area contributed by atoms with Gasteiger partial charge in [-0.1, -0.05) is 26.8 Å². The van der Waals surface area contributed by atoms with E-state index in [1.807, 2.05) is 26.0 Å². The fourth-order valence-electron chi connectivity index (χ4n) is 3.01. The van der Waals surface area contributed by atoms with Crippen LogP contribution in [0, 0.1) is 5.92 Å². The molecule has 0 aliphatic heterocycles. The standard InChI is InChI=1S/C21H35NO3/c1-14(2)21(24)25-20-9-8-18(13-23)12-19(20)17(7)10-11-22(15(3)4)16(5)6/h8-9,12,14-17,23H,10-11,13H2,1-7H3. The summed E-state index contributed by atoms with van der Waals surface area (Å²) in [6.07, 6.45) is 0.970. The molecule has 142 valence electrons. The molecule has 1 rings (SSSR count). The zero-order valence-electron chi connectivity index (χ0n) is 16.9. The second-order valence-corrected chi connectivity index (χ2v) is 7.72. The Hall–Kier alpha value is -1.39. The van der Waals surface area contributed by atoms with Crippen LogP contribution < -0.4 is 4.74 Å². The average Bonchev–Trinajstić information content (AvgIpc) is 2.54. The number of carbonyl (C=O) groups excluding carboxylic acids is 1. The topological polar surface area (TPSA) is 49.8 Å². The summed E-state index contributed by atoms with van der Waals surface area (Å²) in [5.41, 5.74) is 1.84. The van der Waals surface area contributed by atoms with Crippen molar-refractivity contribution in [3.8, 4) is 5.75 Å². The van der Waals surface area contributed by atoms with Gasteiger partial charge < -0.3 is 9.84 Å². The first kappa shape index (κ1) is 21.7. The van der Waals surface area contributed by atoms with E-state index in [1.165, 1.54) is 0 Å². The maximum Gasteiger partial charge on any atom is 0.313 e. The molecule has 0 aliphatic carbocycles. The van der Waals surface area contributed by atoms with Crippen LogP contribution in [0.15, 0.2) is 18.2 Å². The molecule has 4 heteroatoms. The highest BCUT2D eigenvalue weighted by Gasteiger charge is 2.19. The van der Waals surface area contributed by atoms with Crippen LogP contribution in [0.5, 0.6) is 5.75 Å². The number of esters is 1. The number of benzene rings is 1. The van der Waals surface area contributed by atoms with Crippen molar-refractivity contribution in [3.63, 3.8) is 0 Å². The molecule has 25 heavy (non-hydrogen) atoms. The van der Waals surface area contributed by atoms with Gasteiger partial charge in [0, 0.05) is 12.1 Å². The maximum atomic E-state index is 12.0. The van der Waals surface area contributed by atoms with Crippen molar-refractivity contribution in [1.29, 1.82) is 0 Å². The van der Waals surface area contributed by atoms with Gasteiger partial charge in [0.05, 0.1) is 12.5 Å². The lowest BCUT2D eigenvalue weighted by molar-refractivity contribution is -0.137. The van der Waals surface area contributed by atoms with E-state index in [1.54, 1.807) is 6.07 Å². The molecule has 1 unspecified atom stereocenters. The second-order valence-electron chi connectivity index (χ2n) is 7.72. The van der Waals surface area contributed by atoms with E-state index in [0.29, 0.717) is 17.8 Å². The minimum atomic E-state index is -0.226. The van der Waals surface area contributed by atoms with Gasteiger partial charge in [-0.2, -0.15) is 0 Å². The Balaban J connectivity index is 2.97. The first-order chi connectivity index (χ1) is 11.7. The first-order valence-corrected chi connectivity index (χ1v) is 9.38. The van der Waals surface area contributed by atoms with Crippen LogP contribution in [-0.4, -0.2) is 34.6 Å². The molecule has 1 aromatic carbocycles. The van der Waals surface area contributed by atoms with Crippen molar-refractivity contribution in [1.82, 2.24) is 4.90 Å². The van der Waals surface area contributed by atoms with E-state index in [9.17, 15) is 9.90 Å². The highest BCUT2D eigenvalue weighted by atomic mass is 16.5. The maximum absolute atomic E-state index is 12.0. The number of aliphatic hydroxyl groups is 1. The number of aliphatic hydroxyl groups excluding tert-OH is 1. The van der Waals surface area contributed by atoms with Crippen molar-refractivity contribution in [2.45, 2.75) is 79.5 Å². The SMILES string of the molecule is CC(C)C(=O)Oc1ccc(CO)cc1C(C)CCN(C(C)C)C(C)C. The summed E-state index contributed by atoms with van der Waals surface area (Å²) in [6.45, 7) is 15.6. The normalized spacial score (nSPS) is 13.1. The second kappa shape index (κ2) is 9.93. The van der Waals surface area contributed by atoms with Gasteiger partial charge in [0.2, 0.25) is 0 Å². The highest BCUT2D eigenvalue weighted by molar-refractivity contribution is 5.74. The zero-order valence-corrected chi connectivity index (χ0v) is 16.9. The Labute approximate surface area is 153 Å². The van der Waals surface area contributed by atoms with Gasteiger partial charge in [-0.3, -0.25) is 9.69 Å². The monoisotopic (exact) mass is 349 g/mol. The van der Waals surface area contributed by atoms with Crippen molar-refractivity contribution in [3.05, 3.63) is 29.3 Å². The molecule has 1 atom stereocenters. The Kier molecular flexibility index (Phi) is 8.60. The van der Waals surface area contributed by atoms with Crippen LogP contribution >= 0.6 is 0 Å². The van der Waals surface area contributed by atoms with Gasteiger partial charge in [0.25, 0.3) is 0 Å². The predicted molar refractivity (Wildman–Crippen MR) is 103 cm³/mol. The Morgan fingerprint density at radius 2 is 1.68 bits per heavy atom. The van der Waals surface area contributed by atoms with Crippen LogP contribution in [0.25, 0.3) is 0 Å². The molecule has 4 nitrogen and oxygen atoms in total. The Morgan fingerprint density at radius 3 is 2.16 bits per heavy atom. The van der Waals surface area contributed by atoms with Crippen LogP contribution in [0.2, 0.25) is 0 Å². The lowest BCUT2D eigenvalue weighted by atomic mass is 9.94. The molecule has 0 aromatic heterocycles.